The van der Waals surface area contributed by atoms with Crippen molar-refractivity contribution in [3.63, 3.8) is 0 Å². The third-order valence-corrected chi connectivity index (χ3v) is 5.22. The Morgan fingerprint density at radius 2 is 2.05 bits per heavy atom. The van der Waals surface area contributed by atoms with Gasteiger partial charge in [-0.1, -0.05) is 0 Å². The van der Waals surface area contributed by atoms with Crippen molar-refractivity contribution < 1.29 is 8.42 Å². The van der Waals surface area contributed by atoms with E-state index in [-0.39, 0.29) is 0 Å². The molecule has 1 aliphatic rings. The standard InChI is InChI=1S/C15H26N4O2S/c1-12(2)18-15-11-16-14(10-17-15)9-13-5-4-7-19(8-6-13)22(3,20)21/h10-13H,4-9H2,1-3H3,(H,17,18)/t13-/m1/s1. The fourth-order valence-electron chi connectivity index (χ4n) is 2.80. The zero-order valence-corrected chi connectivity index (χ0v) is 14.4. The Kier molecular flexibility index (Phi) is 5.74. The highest BCUT2D eigenvalue weighted by Gasteiger charge is 2.23. The molecule has 22 heavy (non-hydrogen) atoms. The molecule has 0 amide bonds. The summed E-state index contributed by atoms with van der Waals surface area (Å²) < 4.78 is 24.8. The molecule has 1 atom stereocenters. The van der Waals surface area contributed by atoms with Crippen LogP contribution in [-0.2, 0) is 16.4 Å². The normalized spacial score (nSPS) is 20.8. The van der Waals surface area contributed by atoms with Crippen molar-refractivity contribution in [2.45, 2.75) is 45.6 Å². The van der Waals surface area contributed by atoms with Gasteiger partial charge in [0.2, 0.25) is 10.0 Å². The van der Waals surface area contributed by atoms with E-state index in [2.05, 4.69) is 29.1 Å². The zero-order chi connectivity index (χ0) is 16.2. The van der Waals surface area contributed by atoms with Crippen LogP contribution in [0.3, 0.4) is 0 Å². The maximum Gasteiger partial charge on any atom is 0.211 e. The van der Waals surface area contributed by atoms with E-state index in [1.807, 2.05) is 6.20 Å². The van der Waals surface area contributed by atoms with E-state index in [0.29, 0.717) is 25.0 Å². The lowest BCUT2D eigenvalue weighted by Crippen LogP contribution is -2.30. The summed E-state index contributed by atoms with van der Waals surface area (Å²) in [6.07, 6.45) is 8.60. The molecule has 1 fully saturated rings. The fraction of sp³-hybridized carbons (Fsp3) is 0.733. The summed E-state index contributed by atoms with van der Waals surface area (Å²) in [5.74, 6) is 1.27. The molecule has 0 saturated carbocycles. The second-order valence-electron chi connectivity index (χ2n) is 6.36. The van der Waals surface area contributed by atoms with Crippen molar-refractivity contribution in [1.82, 2.24) is 14.3 Å². The monoisotopic (exact) mass is 326 g/mol. The predicted octanol–water partition coefficient (Wildman–Crippen LogP) is 1.90. The van der Waals surface area contributed by atoms with Crippen molar-refractivity contribution in [3.05, 3.63) is 18.1 Å². The lowest BCUT2D eigenvalue weighted by molar-refractivity contribution is 0.412. The molecule has 0 spiro atoms. The zero-order valence-electron chi connectivity index (χ0n) is 13.6. The van der Waals surface area contributed by atoms with Gasteiger partial charge in [-0.2, -0.15) is 0 Å². The largest absolute Gasteiger partial charge is 0.367 e. The van der Waals surface area contributed by atoms with Crippen molar-refractivity contribution in [2.24, 2.45) is 5.92 Å². The van der Waals surface area contributed by atoms with E-state index in [9.17, 15) is 8.42 Å². The molecule has 7 heteroatoms. The summed E-state index contributed by atoms with van der Waals surface area (Å²) in [5, 5.41) is 3.22. The van der Waals surface area contributed by atoms with Crippen LogP contribution >= 0.6 is 0 Å². The van der Waals surface area contributed by atoms with Gasteiger partial charge in [0.25, 0.3) is 0 Å². The number of aromatic nitrogens is 2. The van der Waals surface area contributed by atoms with Gasteiger partial charge in [-0.3, -0.25) is 4.98 Å². The van der Waals surface area contributed by atoms with Gasteiger partial charge in [-0.25, -0.2) is 17.7 Å². The minimum atomic E-state index is -3.07. The molecule has 1 N–H and O–H groups in total. The average Bonchev–Trinajstić information content (AvgIpc) is 2.65. The first-order chi connectivity index (χ1) is 10.3. The van der Waals surface area contributed by atoms with Crippen molar-refractivity contribution in [3.8, 4) is 0 Å². The Balaban J connectivity index is 1.91. The Labute approximate surface area is 133 Å². The molecule has 2 rings (SSSR count). The number of hydrogen-bond donors (Lipinski definition) is 1. The van der Waals surface area contributed by atoms with E-state index < -0.39 is 10.0 Å². The van der Waals surface area contributed by atoms with Gasteiger partial charge < -0.3 is 5.32 Å². The van der Waals surface area contributed by atoms with Crippen molar-refractivity contribution >= 4 is 15.8 Å². The lowest BCUT2D eigenvalue weighted by Gasteiger charge is -2.17. The first-order valence-electron chi connectivity index (χ1n) is 7.87. The molecule has 0 aliphatic carbocycles. The van der Waals surface area contributed by atoms with Crippen LogP contribution in [0.15, 0.2) is 12.4 Å². The van der Waals surface area contributed by atoms with Gasteiger partial charge >= 0.3 is 0 Å². The number of nitrogens with one attached hydrogen (secondary N) is 1. The van der Waals surface area contributed by atoms with Gasteiger partial charge in [0, 0.05) is 19.1 Å². The minimum absolute atomic E-state index is 0.337. The third kappa shape index (κ3) is 5.21. The van der Waals surface area contributed by atoms with Crippen LogP contribution in [0, 0.1) is 5.92 Å². The van der Waals surface area contributed by atoms with Crippen LogP contribution < -0.4 is 5.32 Å². The van der Waals surface area contributed by atoms with Crippen molar-refractivity contribution in [1.29, 1.82) is 0 Å². The molecule has 124 valence electrons. The second kappa shape index (κ2) is 7.37. The third-order valence-electron chi connectivity index (χ3n) is 3.92. The first-order valence-corrected chi connectivity index (χ1v) is 9.72. The Bertz CT molecular complexity index is 572. The summed E-state index contributed by atoms with van der Waals surface area (Å²) in [6, 6.07) is 0.337. The van der Waals surface area contributed by atoms with E-state index in [0.717, 1.165) is 37.2 Å². The summed E-state index contributed by atoms with van der Waals surface area (Å²) in [4.78, 5) is 8.85. The SMILES string of the molecule is CC(C)Nc1cnc(C[C@@H]2CCCN(S(C)(=O)=O)CC2)cn1. The molecular weight excluding hydrogens is 300 g/mol. The number of hydrogen-bond acceptors (Lipinski definition) is 5. The van der Waals surface area contributed by atoms with Crippen LogP contribution in [0.2, 0.25) is 0 Å². The molecule has 0 unspecified atom stereocenters. The summed E-state index contributed by atoms with van der Waals surface area (Å²) in [6.45, 7) is 5.38. The van der Waals surface area contributed by atoms with E-state index in [1.165, 1.54) is 6.26 Å². The molecule has 1 aromatic heterocycles. The minimum Gasteiger partial charge on any atom is -0.367 e. The van der Waals surface area contributed by atoms with Crippen molar-refractivity contribution in [2.75, 3.05) is 24.7 Å². The average molecular weight is 326 g/mol. The lowest BCUT2D eigenvalue weighted by atomic mass is 9.95. The van der Waals surface area contributed by atoms with Gasteiger partial charge in [0.1, 0.15) is 5.82 Å². The summed E-state index contributed by atoms with van der Waals surface area (Å²) in [5.41, 5.74) is 0.979. The Morgan fingerprint density at radius 1 is 1.27 bits per heavy atom. The molecule has 1 aliphatic heterocycles. The summed E-state index contributed by atoms with van der Waals surface area (Å²) >= 11 is 0. The van der Waals surface area contributed by atoms with E-state index in [4.69, 9.17) is 0 Å². The molecule has 0 bridgehead atoms. The molecule has 2 heterocycles. The van der Waals surface area contributed by atoms with E-state index >= 15 is 0 Å². The van der Waals surface area contributed by atoms with Crippen LogP contribution in [0.25, 0.3) is 0 Å². The van der Waals surface area contributed by atoms with Crippen LogP contribution in [0.4, 0.5) is 5.82 Å². The van der Waals surface area contributed by atoms with Crippen LogP contribution in [0.1, 0.15) is 38.8 Å². The smallest absolute Gasteiger partial charge is 0.211 e. The Hall–Kier alpha value is -1.21. The quantitative estimate of drug-likeness (QED) is 0.894. The highest BCUT2D eigenvalue weighted by atomic mass is 32.2. The van der Waals surface area contributed by atoms with Gasteiger partial charge in [-0.15, -0.1) is 0 Å². The predicted molar refractivity (Wildman–Crippen MR) is 88.3 cm³/mol. The van der Waals surface area contributed by atoms with Gasteiger partial charge in [0.05, 0.1) is 24.3 Å². The molecule has 1 saturated heterocycles. The topological polar surface area (TPSA) is 75.2 Å². The van der Waals surface area contributed by atoms with Crippen LogP contribution in [-0.4, -0.2) is 48.1 Å². The highest BCUT2D eigenvalue weighted by Crippen LogP contribution is 2.22. The Morgan fingerprint density at radius 3 is 2.64 bits per heavy atom. The molecule has 1 aromatic rings. The van der Waals surface area contributed by atoms with Crippen LogP contribution in [0.5, 0.6) is 0 Å². The number of rotatable bonds is 5. The maximum atomic E-state index is 11.6. The number of nitrogens with zero attached hydrogens (tertiary/aromatic N) is 3. The molecule has 6 nitrogen and oxygen atoms in total. The highest BCUT2D eigenvalue weighted by molar-refractivity contribution is 7.88. The maximum absolute atomic E-state index is 11.6. The second-order valence-corrected chi connectivity index (χ2v) is 8.34. The number of sulfonamides is 1. The van der Waals surface area contributed by atoms with Gasteiger partial charge in [0.15, 0.2) is 0 Å². The molecule has 0 radical (unpaired) electrons. The fourth-order valence-corrected chi connectivity index (χ4v) is 3.70. The first kappa shape index (κ1) is 17.1. The number of anilines is 1. The summed E-state index contributed by atoms with van der Waals surface area (Å²) in [7, 11) is -3.07. The van der Waals surface area contributed by atoms with Gasteiger partial charge in [-0.05, 0) is 45.4 Å². The molecule has 0 aromatic carbocycles. The van der Waals surface area contributed by atoms with E-state index in [1.54, 1.807) is 10.5 Å². The molecular formula is C15H26N4O2S.